The monoisotopic (exact) mass is 519 g/mol. The molecule has 2 heterocycles. The number of halogens is 2. The maximum atomic E-state index is 14.0. The van der Waals surface area contributed by atoms with E-state index in [1.54, 1.807) is 18.9 Å². The van der Waals surface area contributed by atoms with Crippen molar-refractivity contribution in [2.45, 2.75) is 50.8 Å². The lowest BCUT2D eigenvalue weighted by Crippen LogP contribution is -2.61. The van der Waals surface area contributed by atoms with E-state index in [1.807, 2.05) is 0 Å². The second-order valence-electron chi connectivity index (χ2n) is 8.73. The fraction of sp³-hybridized carbons (Fsp3) is 0.417. The number of aliphatic hydroxyl groups is 1. The van der Waals surface area contributed by atoms with Crippen molar-refractivity contribution >= 4 is 17.2 Å². The number of amides is 1. The third-order valence-electron chi connectivity index (χ3n) is 6.65. The number of hydrogen-bond acceptors (Lipinski definition) is 8. The Labute approximate surface area is 209 Å². The molecule has 1 amide bonds. The molecule has 0 saturated heterocycles. The number of rotatable bonds is 7. The summed E-state index contributed by atoms with van der Waals surface area (Å²) in [4.78, 5) is 30.7. The summed E-state index contributed by atoms with van der Waals surface area (Å²) in [5.74, 6) is -2.68. The molecular weight excluding hydrogens is 492 g/mol. The third-order valence-corrected chi connectivity index (χ3v) is 7.61. The van der Waals surface area contributed by atoms with Crippen LogP contribution in [-0.4, -0.2) is 61.6 Å². The van der Waals surface area contributed by atoms with Crippen molar-refractivity contribution in [3.63, 3.8) is 0 Å². The first kappa shape index (κ1) is 25.9. The van der Waals surface area contributed by atoms with E-state index >= 15 is 0 Å². The van der Waals surface area contributed by atoms with Crippen molar-refractivity contribution < 1.29 is 23.8 Å². The summed E-state index contributed by atoms with van der Waals surface area (Å²) >= 11 is 1.02. The van der Waals surface area contributed by atoms with Gasteiger partial charge in [0.25, 0.3) is 5.91 Å². The molecule has 0 radical (unpaired) electrons. The summed E-state index contributed by atoms with van der Waals surface area (Å²) < 4.78 is 27.1. The Morgan fingerprint density at radius 2 is 2.03 bits per heavy atom. The molecule has 0 atom stereocenters. The molecule has 9 nitrogen and oxygen atoms in total. The Morgan fingerprint density at radius 3 is 2.67 bits per heavy atom. The van der Waals surface area contributed by atoms with Gasteiger partial charge in [-0.05, 0) is 51.3 Å². The molecular formula is C24H27F2N5O4S. The minimum absolute atomic E-state index is 0.0135. The van der Waals surface area contributed by atoms with Crippen LogP contribution >= 0.6 is 11.3 Å². The smallest absolute Gasteiger partial charge is 0.275 e. The van der Waals surface area contributed by atoms with E-state index in [0.717, 1.165) is 23.5 Å². The highest BCUT2D eigenvalue weighted by Gasteiger charge is 2.42. The van der Waals surface area contributed by atoms with Crippen LogP contribution in [0.3, 0.4) is 0 Å². The molecule has 0 spiro atoms. The molecule has 1 aliphatic rings. The molecule has 0 aliphatic heterocycles. The predicted molar refractivity (Wildman–Crippen MR) is 130 cm³/mol. The van der Waals surface area contributed by atoms with E-state index in [-0.39, 0.29) is 28.2 Å². The lowest BCUT2D eigenvalue weighted by Gasteiger charge is -2.47. The van der Waals surface area contributed by atoms with Crippen LogP contribution in [0.2, 0.25) is 0 Å². The number of aromatic hydroxyl groups is 1. The van der Waals surface area contributed by atoms with E-state index < -0.39 is 40.5 Å². The molecule has 3 aromatic rings. The van der Waals surface area contributed by atoms with Gasteiger partial charge in [0.1, 0.15) is 16.6 Å². The van der Waals surface area contributed by atoms with Crippen LogP contribution in [-0.2, 0) is 6.42 Å². The molecule has 1 aliphatic carbocycles. The Hall–Kier alpha value is -3.22. The van der Waals surface area contributed by atoms with Crippen LogP contribution in [0.5, 0.6) is 5.75 Å². The number of carbonyl (C=O) groups excluding carboxylic acids is 1. The van der Waals surface area contributed by atoms with Gasteiger partial charge in [-0.15, -0.1) is 10.2 Å². The third kappa shape index (κ3) is 4.88. The van der Waals surface area contributed by atoms with Crippen LogP contribution in [0.15, 0.2) is 29.2 Å². The second-order valence-corrected chi connectivity index (χ2v) is 9.79. The van der Waals surface area contributed by atoms with Gasteiger partial charge in [-0.3, -0.25) is 14.9 Å². The SMILES string of the molecule is CCN(C(=O)c1[nH]cc(-c2nnc(Cc3ccc(F)cc3F)s2)c(=O)c1O)C1(NC)CCC(O)CC1. The van der Waals surface area contributed by atoms with Crippen molar-refractivity contribution in [2.24, 2.45) is 0 Å². The van der Waals surface area contributed by atoms with Gasteiger partial charge in [0.15, 0.2) is 16.5 Å². The van der Waals surface area contributed by atoms with Gasteiger partial charge in [0, 0.05) is 25.2 Å². The van der Waals surface area contributed by atoms with Gasteiger partial charge >= 0.3 is 0 Å². The molecule has 0 unspecified atom stereocenters. The molecule has 0 bridgehead atoms. The molecule has 1 saturated carbocycles. The number of carbonyl (C=O) groups is 1. The molecule has 4 rings (SSSR count). The van der Waals surface area contributed by atoms with Gasteiger partial charge in [0.05, 0.1) is 17.3 Å². The van der Waals surface area contributed by atoms with Gasteiger partial charge < -0.3 is 20.1 Å². The van der Waals surface area contributed by atoms with E-state index in [4.69, 9.17) is 0 Å². The number of hydrogen-bond donors (Lipinski definition) is 4. The zero-order valence-corrected chi connectivity index (χ0v) is 20.7. The van der Waals surface area contributed by atoms with Crippen LogP contribution in [0.4, 0.5) is 8.78 Å². The molecule has 192 valence electrons. The molecule has 1 fully saturated rings. The Kier molecular flexibility index (Phi) is 7.48. The Bertz CT molecular complexity index is 1320. The summed E-state index contributed by atoms with van der Waals surface area (Å²) in [6, 6.07) is 3.24. The first-order valence-corrected chi connectivity index (χ1v) is 12.4. The summed E-state index contributed by atoms with van der Waals surface area (Å²) in [7, 11) is 1.74. The standard InChI is InChI=1S/C24H27F2N5O4S/c1-3-31(24(27-2)8-6-15(32)7-9-24)23(35)19-21(34)20(33)16(12-28-19)22-30-29-18(36-22)10-13-4-5-14(25)11-17(13)26/h4-5,11-12,15,27,32,34H,3,6-10H2,1-2H3,(H,28,33). The van der Waals surface area contributed by atoms with E-state index in [9.17, 15) is 28.6 Å². The van der Waals surface area contributed by atoms with Crippen LogP contribution in [0.25, 0.3) is 10.6 Å². The number of benzene rings is 1. The second kappa shape index (κ2) is 10.4. The minimum atomic E-state index is -0.790. The number of aliphatic hydroxyl groups excluding tert-OH is 1. The summed E-state index contributed by atoms with van der Waals surface area (Å²) in [6.07, 6.45) is 3.01. The number of nitrogens with zero attached hydrogens (tertiary/aromatic N) is 3. The largest absolute Gasteiger partial charge is 0.503 e. The summed E-state index contributed by atoms with van der Waals surface area (Å²) in [5.41, 5.74) is -1.51. The first-order chi connectivity index (χ1) is 17.2. The predicted octanol–water partition coefficient (Wildman–Crippen LogP) is 2.78. The fourth-order valence-electron chi connectivity index (χ4n) is 4.61. The molecule has 4 N–H and O–H groups in total. The average Bonchev–Trinajstić information content (AvgIpc) is 3.32. The van der Waals surface area contributed by atoms with Gasteiger partial charge in [-0.1, -0.05) is 17.4 Å². The summed E-state index contributed by atoms with van der Waals surface area (Å²) in [5, 5.41) is 32.3. The highest BCUT2D eigenvalue weighted by molar-refractivity contribution is 7.14. The maximum Gasteiger partial charge on any atom is 0.275 e. The van der Waals surface area contributed by atoms with Crippen molar-refractivity contribution in [1.82, 2.24) is 25.4 Å². The molecule has 12 heteroatoms. The van der Waals surface area contributed by atoms with Crippen molar-refractivity contribution in [3.8, 4) is 16.3 Å². The topological polar surface area (TPSA) is 131 Å². The maximum absolute atomic E-state index is 14.0. The highest BCUT2D eigenvalue weighted by atomic mass is 32.1. The highest BCUT2D eigenvalue weighted by Crippen LogP contribution is 2.33. The number of H-pyrrole nitrogens is 1. The van der Waals surface area contributed by atoms with E-state index in [2.05, 4.69) is 20.5 Å². The Balaban J connectivity index is 1.60. The molecule has 36 heavy (non-hydrogen) atoms. The summed E-state index contributed by atoms with van der Waals surface area (Å²) in [6.45, 7) is 2.12. The fourth-order valence-corrected chi connectivity index (χ4v) is 5.49. The number of aromatic nitrogens is 3. The quantitative estimate of drug-likeness (QED) is 0.353. The number of aromatic amines is 1. The van der Waals surface area contributed by atoms with E-state index in [0.29, 0.717) is 37.2 Å². The number of pyridine rings is 1. The van der Waals surface area contributed by atoms with Gasteiger partial charge in [-0.2, -0.15) is 0 Å². The van der Waals surface area contributed by atoms with Crippen molar-refractivity contribution in [1.29, 1.82) is 0 Å². The van der Waals surface area contributed by atoms with Crippen molar-refractivity contribution in [2.75, 3.05) is 13.6 Å². The molecule has 1 aromatic carbocycles. The van der Waals surface area contributed by atoms with Crippen LogP contribution in [0.1, 0.15) is 53.7 Å². The molecule has 2 aromatic heterocycles. The average molecular weight is 520 g/mol. The van der Waals surface area contributed by atoms with Crippen molar-refractivity contribution in [3.05, 3.63) is 62.5 Å². The zero-order valence-electron chi connectivity index (χ0n) is 19.8. The normalized spacial score (nSPS) is 19.9. The first-order valence-electron chi connectivity index (χ1n) is 11.6. The van der Waals surface area contributed by atoms with E-state index in [1.165, 1.54) is 12.3 Å². The van der Waals surface area contributed by atoms with Crippen LogP contribution in [0, 0.1) is 11.6 Å². The zero-order chi connectivity index (χ0) is 26.0. The number of nitrogens with one attached hydrogen (secondary N) is 2. The minimum Gasteiger partial charge on any atom is -0.503 e. The lowest BCUT2D eigenvalue weighted by molar-refractivity contribution is -0.00328. The van der Waals surface area contributed by atoms with Gasteiger partial charge in [-0.25, -0.2) is 8.78 Å². The van der Waals surface area contributed by atoms with Crippen LogP contribution < -0.4 is 10.7 Å². The Morgan fingerprint density at radius 1 is 1.31 bits per heavy atom. The van der Waals surface area contributed by atoms with Gasteiger partial charge in [0.2, 0.25) is 5.43 Å². The lowest BCUT2D eigenvalue weighted by atomic mass is 9.85.